The zero-order valence-corrected chi connectivity index (χ0v) is 23.9. The van der Waals surface area contributed by atoms with Crippen molar-refractivity contribution in [1.29, 1.82) is 5.26 Å². The minimum absolute atomic E-state index is 0.0256. The van der Waals surface area contributed by atoms with E-state index in [0.29, 0.717) is 40.8 Å². The van der Waals surface area contributed by atoms with Gasteiger partial charge in [-0.2, -0.15) is 5.26 Å². The molecule has 2 aromatic heterocycles. The molecule has 1 aliphatic carbocycles. The standard InChI is InChI=1S/C32H32BFN8/c1-31(2,3)19-38-29-21(16-35)17-37-30-26(20-10-12-36-13-11-20)14-24(15-27(29)30)39-32(33,22-4-6-23(34)7-5-22)28-18-42(41-40-28)25-8-9-25/h4-7,10-15,17-18,25,39-41H,8-9,19H2,1-3H3,(H,37,38). The molecule has 2 radical (unpaired) electrons. The molecular formula is C32H32BFN8. The van der Waals surface area contributed by atoms with E-state index in [1.165, 1.54) is 12.1 Å². The fourth-order valence-electron chi connectivity index (χ4n) is 5.07. The number of nitriles is 1. The van der Waals surface area contributed by atoms with Crippen molar-refractivity contribution >= 4 is 30.1 Å². The molecule has 1 fully saturated rings. The van der Waals surface area contributed by atoms with Crippen LogP contribution in [0.2, 0.25) is 0 Å². The first kappa shape index (κ1) is 27.5. The molecule has 1 aliphatic heterocycles. The van der Waals surface area contributed by atoms with E-state index in [2.05, 4.69) is 53.4 Å². The van der Waals surface area contributed by atoms with Crippen LogP contribution in [0.3, 0.4) is 0 Å². The summed E-state index contributed by atoms with van der Waals surface area (Å²) in [5.74, 6) is -0.345. The van der Waals surface area contributed by atoms with Crippen LogP contribution in [0.15, 0.2) is 79.0 Å². The largest absolute Gasteiger partial charge is 0.383 e. The van der Waals surface area contributed by atoms with E-state index in [0.717, 1.165) is 34.9 Å². The van der Waals surface area contributed by atoms with Gasteiger partial charge >= 0.3 is 0 Å². The maximum Gasteiger partial charge on any atom is 0.123 e. The Morgan fingerprint density at radius 3 is 2.52 bits per heavy atom. The molecule has 1 unspecified atom stereocenters. The molecule has 6 rings (SSSR count). The monoisotopic (exact) mass is 558 g/mol. The third-order valence-corrected chi connectivity index (χ3v) is 7.47. The molecule has 8 nitrogen and oxygen atoms in total. The van der Waals surface area contributed by atoms with Crippen LogP contribution >= 0.6 is 0 Å². The zero-order chi connectivity index (χ0) is 29.5. The summed E-state index contributed by atoms with van der Waals surface area (Å²) < 4.78 is 14.0. The van der Waals surface area contributed by atoms with Crippen molar-refractivity contribution in [3.05, 3.63) is 96.0 Å². The van der Waals surface area contributed by atoms with Gasteiger partial charge in [0.2, 0.25) is 0 Å². The number of hydrogen-bond donors (Lipinski definition) is 4. The van der Waals surface area contributed by atoms with Gasteiger partial charge in [0.25, 0.3) is 0 Å². The van der Waals surface area contributed by atoms with Crippen molar-refractivity contribution in [3.8, 4) is 17.2 Å². The van der Waals surface area contributed by atoms with Crippen LogP contribution in [0.5, 0.6) is 0 Å². The number of nitrogens with zero attached hydrogens (tertiary/aromatic N) is 4. The lowest BCUT2D eigenvalue weighted by atomic mass is 9.69. The summed E-state index contributed by atoms with van der Waals surface area (Å²) in [5.41, 5.74) is 10.9. The fraction of sp³-hybridized carbons (Fsp3) is 0.281. The van der Waals surface area contributed by atoms with Gasteiger partial charge in [-0.3, -0.25) is 15.0 Å². The third kappa shape index (κ3) is 5.48. The van der Waals surface area contributed by atoms with Crippen molar-refractivity contribution in [3.63, 3.8) is 0 Å². The van der Waals surface area contributed by atoms with Crippen LogP contribution in [0.4, 0.5) is 15.8 Å². The van der Waals surface area contributed by atoms with Gasteiger partial charge in [-0.1, -0.05) is 32.9 Å². The Morgan fingerprint density at radius 1 is 1.12 bits per heavy atom. The molecule has 4 N–H and O–H groups in total. The molecule has 2 aromatic carbocycles. The van der Waals surface area contributed by atoms with Gasteiger partial charge in [-0.25, -0.2) is 4.39 Å². The van der Waals surface area contributed by atoms with Gasteiger partial charge in [-0.05, 0) is 65.8 Å². The molecule has 10 heteroatoms. The molecule has 4 aromatic rings. The Hall–Kier alpha value is -4.62. The average molecular weight is 558 g/mol. The Morgan fingerprint density at radius 2 is 1.86 bits per heavy atom. The summed E-state index contributed by atoms with van der Waals surface area (Å²) in [4.78, 5) is 8.92. The summed E-state index contributed by atoms with van der Waals surface area (Å²) in [6.07, 6.45) is 9.24. The van der Waals surface area contributed by atoms with Crippen LogP contribution in [0.25, 0.3) is 22.0 Å². The van der Waals surface area contributed by atoms with Crippen molar-refractivity contribution in [2.24, 2.45) is 5.41 Å². The normalized spacial score (nSPS) is 16.4. The minimum Gasteiger partial charge on any atom is -0.383 e. The zero-order valence-electron chi connectivity index (χ0n) is 23.9. The van der Waals surface area contributed by atoms with Crippen LogP contribution in [0.1, 0.15) is 44.7 Å². The number of anilines is 2. The van der Waals surface area contributed by atoms with Crippen molar-refractivity contribution in [2.45, 2.75) is 45.1 Å². The molecule has 1 atom stereocenters. The molecule has 3 heterocycles. The molecule has 1 saturated carbocycles. The van der Waals surface area contributed by atoms with E-state index in [9.17, 15) is 9.65 Å². The Bertz CT molecular complexity index is 1690. The number of hydrazine groups is 2. The molecule has 0 bridgehead atoms. The molecule has 210 valence electrons. The highest BCUT2D eigenvalue weighted by Gasteiger charge is 2.38. The maximum atomic E-state index is 14.0. The van der Waals surface area contributed by atoms with Crippen LogP contribution < -0.4 is 21.6 Å². The van der Waals surface area contributed by atoms with Gasteiger partial charge in [-0.15, -0.1) is 5.53 Å². The summed E-state index contributed by atoms with van der Waals surface area (Å²) in [7, 11) is 7.21. The van der Waals surface area contributed by atoms with Crippen LogP contribution in [0, 0.1) is 22.6 Å². The van der Waals surface area contributed by atoms with E-state index in [1.54, 1.807) is 30.7 Å². The highest BCUT2D eigenvalue weighted by molar-refractivity contribution is 6.19. The lowest BCUT2D eigenvalue weighted by Gasteiger charge is -2.34. The Balaban J connectivity index is 1.53. The highest BCUT2D eigenvalue weighted by atomic mass is 19.1. The highest BCUT2D eigenvalue weighted by Crippen LogP contribution is 2.39. The number of nitrogens with one attached hydrogen (secondary N) is 4. The quantitative estimate of drug-likeness (QED) is 0.210. The SMILES string of the molecule is [B]C(Nc1cc(-c2ccncc2)c2ncc(C#N)c(NCC(C)(C)C)c2c1)(C1=CN(C2CC2)NN1)c1ccc(F)cc1. The van der Waals surface area contributed by atoms with E-state index >= 15 is 0 Å². The number of fused-ring (bicyclic) bond motifs is 1. The van der Waals surface area contributed by atoms with E-state index < -0.39 is 5.44 Å². The average Bonchev–Trinajstić information content (AvgIpc) is 3.71. The molecule has 0 saturated heterocycles. The molecule has 42 heavy (non-hydrogen) atoms. The van der Waals surface area contributed by atoms with Crippen LogP contribution in [-0.2, 0) is 5.44 Å². The number of pyridine rings is 2. The molecule has 2 aliphatic rings. The smallest absolute Gasteiger partial charge is 0.123 e. The van der Waals surface area contributed by atoms with E-state index in [-0.39, 0.29) is 11.2 Å². The van der Waals surface area contributed by atoms with Gasteiger partial charge in [0.1, 0.15) is 19.7 Å². The van der Waals surface area contributed by atoms with Crippen molar-refractivity contribution < 1.29 is 4.39 Å². The van der Waals surface area contributed by atoms with E-state index in [1.807, 2.05) is 35.5 Å². The topological polar surface area (TPSA) is 101 Å². The second-order valence-corrected chi connectivity index (χ2v) is 12.1. The summed E-state index contributed by atoms with van der Waals surface area (Å²) in [6.45, 7) is 7.06. The first-order valence-corrected chi connectivity index (χ1v) is 14.0. The number of halogens is 1. The summed E-state index contributed by atoms with van der Waals surface area (Å²) in [5, 5.41) is 19.9. The summed E-state index contributed by atoms with van der Waals surface area (Å²) >= 11 is 0. The van der Waals surface area contributed by atoms with Crippen molar-refractivity contribution in [2.75, 3.05) is 17.2 Å². The second kappa shape index (κ2) is 10.7. The third-order valence-electron chi connectivity index (χ3n) is 7.47. The van der Waals surface area contributed by atoms with Gasteiger partial charge in [0, 0.05) is 54.0 Å². The van der Waals surface area contributed by atoms with Gasteiger partial charge in [0.15, 0.2) is 0 Å². The van der Waals surface area contributed by atoms with Gasteiger partial charge in [0.05, 0.1) is 27.9 Å². The number of benzene rings is 2. The van der Waals surface area contributed by atoms with Gasteiger partial charge < -0.3 is 16.1 Å². The lowest BCUT2D eigenvalue weighted by molar-refractivity contribution is 0.260. The first-order valence-electron chi connectivity index (χ1n) is 14.0. The number of rotatable bonds is 8. The molecular weight excluding hydrogens is 526 g/mol. The predicted molar refractivity (Wildman–Crippen MR) is 164 cm³/mol. The Kier molecular flexibility index (Phi) is 6.99. The fourth-order valence-corrected chi connectivity index (χ4v) is 5.07. The maximum absolute atomic E-state index is 14.0. The number of hydrogen-bond acceptors (Lipinski definition) is 8. The minimum atomic E-state index is -1.26. The number of aromatic nitrogens is 2. The lowest BCUT2D eigenvalue weighted by Crippen LogP contribution is -2.45. The Labute approximate surface area is 246 Å². The molecule has 0 spiro atoms. The molecule has 0 amide bonds. The van der Waals surface area contributed by atoms with Crippen LogP contribution in [-0.4, -0.2) is 35.4 Å². The first-order chi connectivity index (χ1) is 20.1. The van der Waals surface area contributed by atoms with Crippen molar-refractivity contribution in [1.82, 2.24) is 25.9 Å². The summed E-state index contributed by atoms with van der Waals surface area (Å²) in [6, 6.07) is 16.7. The second-order valence-electron chi connectivity index (χ2n) is 12.1. The van der Waals surface area contributed by atoms with E-state index in [4.69, 9.17) is 12.8 Å². The predicted octanol–water partition coefficient (Wildman–Crippen LogP) is 5.53.